The summed E-state index contributed by atoms with van der Waals surface area (Å²) in [4.78, 5) is 24.1. The lowest BCUT2D eigenvalue weighted by Gasteiger charge is -2.21. The van der Waals surface area contributed by atoms with Crippen molar-refractivity contribution in [3.05, 3.63) is 29.8 Å². The number of aromatic nitrogens is 2. The van der Waals surface area contributed by atoms with E-state index in [2.05, 4.69) is 25.6 Å². The number of halogens is 2. The van der Waals surface area contributed by atoms with E-state index in [9.17, 15) is 18.4 Å². The molecule has 7 nitrogen and oxygen atoms in total. The summed E-state index contributed by atoms with van der Waals surface area (Å²) in [5.41, 5.74) is 0.167. The Hall–Kier alpha value is -2.27. The van der Waals surface area contributed by atoms with Gasteiger partial charge in [-0.1, -0.05) is 42.4 Å². The fourth-order valence-electron chi connectivity index (χ4n) is 2.90. The van der Waals surface area contributed by atoms with Gasteiger partial charge in [0.05, 0.1) is 5.75 Å². The lowest BCUT2D eigenvalue weighted by atomic mass is 9.96. The summed E-state index contributed by atoms with van der Waals surface area (Å²) in [5, 5.41) is 14.5. The van der Waals surface area contributed by atoms with Crippen LogP contribution in [0, 0.1) is 0 Å². The Kier molecular flexibility index (Phi) is 7.76. The van der Waals surface area contributed by atoms with Crippen LogP contribution >= 0.6 is 23.1 Å². The van der Waals surface area contributed by atoms with Gasteiger partial charge in [0.15, 0.2) is 4.34 Å². The Morgan fingerprint density at radius 1 is 1.17 bits per heavy atom. The summed E-state index contributed by atoms with van der Waals surface area (Å²) in [6.07, 6.45) is 5.96. The second-order valence-electron chi connectivity index (χ2n) is 6.42. The first-order valence-electron chi connectivity index (χ1n) is 9.11. The van der Waals surface area contributed by atoms with Gasteiger partial charge in [-0.25, -0.2) is 0 Å². The van der Waals surface area contributed by atoms with Crippen molar-refractivity contribution in [1.29, 1.82) is 0 Å². The molecule has 2 aromatic rings. The SMILES string of the molecule is O=C(CSc1nnc(NC2CCCCC2)s1)NC(=O)c1ccc(OC(F)F)cc1. The van der Waals surface area contributed by atoms with Gasteiger partial charge in [0.2, 0.25) is 11.0 Å². The molecular formula is C18H20F2N4O3S2. The van der Waals surface area contributed by atoms with Crippen molar-refractivity contribution in [3.63, 3.8) is 0 Å². The number of hydrogen-bond acceptors (Lipinski definition) is 8. The minimum absolute atomic E-state index is 0.0103. The summed E-state index contributed by atoms with van der Waals surface area (Å²) in [6, 6.07) is 5.51. The zero-order chi connectivity index (χ0) is 20.6. The van der Waals surface area contributed by atoms with E-state index < -0.39 is 18.4 Å². The molecule has 1 aliphatic carbocycles. The van der Waals surface area contributed by atoms with Crippen LogP contribution in [0.1, 0.15) is 42.5 Å². The van der Waals surface area contributed by atoms with Gasteiger partial charge in [-0.05, 0) is 37.1 Å². The molecule has 2 amide bonds. The molecule has 29 heavy (non-hydrogen) atoms. The zero-order valence-corrected chi connectivity index (χ0v) is 17.0. The molecule has 1 heterocycles. The number of nitrogens with one attached hydrogen (secondary N) is 2. The first kappa shape index (κ1) is 21.4. The van der Waals surface area contributed by atoms with Crippen LogP contribution in [0.3, 0.4) is 0 Å². The van der Waals surface area contributed by atoms with Crippen molar-refractivity contribution in [2.45, 2.75) is 49.1 Å². The van der Waals surface area contributed by atoms with E-state index in [1.807, 2.05) is 0 Å². The molecule has 1 aromatic carbocycles. The number of nitrogens with zero attached hydrogens (tertiary/aromatic N) is 2. The number of alkyl halides is 2. The highest BCUT2D eigenvalue weighted by Gasteiger charge is 2.16. The number of carbonyl (C=O) groups is 2. The third-order valence-corrected chi connectivity index (χ3v) is 6.25. The van der Waals surface area contributed by atoms with Crippen molar-refractivity contribution >= 4 is 40.0 Å². The Morgan fingerprint density at radius 2 is 1.90 bits per heavy atom. The summed E-state index contributed by atoms with van der Waals surface area (Å²) in [6.45, 7) is -2.94. The number of ether oxygens (including phenoxy) is 1. The maximum atomic E-state index is 12.1. The maximum Gasteiger partial charge on any atom is 0.387 e. The van der Waals surface area contributed by atoms with Gasteiger partial charge in [-0.3, -0.25) is 14.9 Å². The van der Waals surface area contributed by atoms with E-state index in [-0.39, 0.29) is 17.1 Å². The smallest absolute Gasteiger partial charge is 0.387 e. The maximum absolute atomic E-state index is 12.1. The zero-order valence-electron chi connectivity index (χ0n) is 15.4. The summed E-state index contributed by atoms with van der Waals surface area (Å²) in [7, 11) is 0. The van der Waals surface area contributed by atoms with Gasteiger partial charge in [-0.2, -0.15) is 8.78 Å². The monoisotopic (exact) mass is 442 g/mol. The average molecular weight is 443 g/mol. The van der Waals surface area contributed by atoms with Crippen LogP contribution in [0.2, 0.25) is 0 Å². The molecule has 0 radical (unpaired) electrons. The molecular weight excluding hydrogens is 422 g/mol. The van der Waals surface area contributed by atoms with Crippen LogP contribution in [0.4, 0.5) is 13.9 Å². The number of anilines is 1. The number of carbonyl (C=O) groups excluding carboxylic acids is 2. The number of hydrogen-bond donors (Lipinski definition) is 2. The van der Waals surface area contributed by atoms with E-state index in [0.717, 1.165) is 18.0 Å². The lowest BCUT2D eigenvalue weighted by Crippen LogP contribution is -2.31. The number of benzene rings is 1. The quantitative estimate of drug-likeness (QED) is 0.598. The molecule has 156 valence electrons. The molecule has 1 saturated carbocycles. The summed E-state index contributed by atoms with van der Waals surface area (Å²) in [5.74, 6) is -1.15. The Bertz CT molecular complexity index is 827. The second-order valence-corrected chi connectivity index (χ2v) is 8.62. The fraction of sp³-hybridized carbons (Fsp3) is 0.444. The van der Waals surface area contributed by atoms with Crippen LogP contribution in [0.5, 0.6) is 5.75 Å². The van der Waals surface area contributed by atoms with Crippen molar-refractivity contribution in [1.82, 2.24) is 15.5 Å². The molecule has 3 rings (SSSR count). The highest BCUT2D eigenvalue weighted by atomic mass is 32.2. The van der Waals surface area contributed by atoms with Crippen molar-refractivity contribution in [2.75, 3.05) is 11.1 Å². The van der Waals surface area contributed by atoms with E-state index in [1.54, 1.807) is 0 Å². The number of rotatable bonds is 8. The largest absolute Gasteiger partial charge is 0.435 e. The molecule has 2 N–H and O–H groups in total. The van der Waals surface area contributed by atoms with E-state index in [4.69, 9.17) is 0 Å². The number of imide groups is 1. The van der Waals surface area contributed by atoms with Gasteiger partial charge in [0.25, 0.3) is 5.91 Å². The topological polar surface area (TPSA) is 93.2 Å². The van der Waals surface area contributed by atoms with Gasteiger partial charge in [-0.15, -0.1) is 10.2 Å². The molecule has 0 atom stereocenters. The van der Waals surface area contributed by atoms with E-state index in [1.165, 1.54) is 66.6 Å². The highest BCUT2D eigenvalue weighted by molar-refractivity contribution is 8.01. The molecule has 1 aromatic heterocycles. The van der Waals surface area contributed by atoms with Gasteiger partial charge >= 0.3 is 6.61 Å². The van der Waals surface area contributed by atoms with Crippen molar-refractivity contribution < 1.29 is 23.1 Å². The minimum atomic E-state index is -2.94. The second kappa shape index (κ2) is 10.5. The van der Waals surface area contributed by atoms with E-state index in [0.29, 0.717) is 10.4 Å². The fourth-order valence-corrected chi connectivity index (χ4v) is 4.53. The van der Waals surface area contributed by atoms with Crippen LogP contribution in [0.15, 0.2) is 28.6 Å². The van der Waals surface area contributed by atoms with Crippen molar-refractivity contribution in [2.24, 2.45) is 0 Å². The lowest BCUT2D eigenvalue weighted by molar-refractivity contribution is -0.117. The van der Waals surface area contributed by atoms with Gasteiger partial charge < -0.3 is 10.1 Å². The Labute approximate surface area is 174 Å². The molecule has 0 saturated heterocycles. The third-order valence-electron chi connectivity index (χ3n) is 4.26. The highest BCUT2D eigenvalue weighted by Crippen LogP contribution is 2.28. The molecule has 11 heteroatoms. The molecule has 0 bridgehead atoms. The number of amides is 2. The van der Waals surface area contributed by atoms with Gasteiger partial charge in [0.1, 0.15) is 5.75 Å². The normalized spacial score (nSPS) is 14.6. The van der Waals surface area contributed by atoms with Crippen LogP contribution in [-0.4, -0.2) is 40.4 Å². The minimum Gasteiger partial charge on any atom is -0.435 e. The summed E-state index contributed by atoms with van der Waals surface area (Å²) < 4.78 is 29.1. The molecule has 0 spiro atoms. The molecule has 0 unspecified atom stereocenters. The first-order chi connectivity index (χ1) is 14.0. The Balaban J connectivity index is 1.43. The molecule has 0 aliphatic heterocycles. The standard InChI is InChI=1S/C18H20F2N4O3S2/c19-16(20)27-13-8-6-11(7-9-13)15(26)22-14(25)10-28-18-24-23-17(29-18)21-12-4-2-1-3-5-12/h6-9,12,16H,1-5,10H2,(H,21,23)(H,22,25,26). The Morgan fingerprint density at radius 3 is 2.59 bits per heavy atom. The predicted octanol–water partition coefficient (Wildman–Crippen LogP) is 3.93. The van der Waals surface area contributed by atoms with Crippen LogP contribution < -0.4 is 15.4 Å². The number of thioether (sulfide) groups is 1. The van der Waals surface area contributed by atoms with Crippen LogP contribution in [0.25, 0.3) is 0 Å². The van der Waals surface area contributed by atoms with Crippen molar-refractivity contribution in [3.8, 4) is 5.75 Å². The molecule has 1 aliphatic rings. The van der Waals surface area contributed by atoms with Gasteiger partial charge in [0, 0.05) is 11.6 Å². The van der Waals surface area contributed by atoms with E-state index >= 15 is 0 Å². The third kappa shape index (κ3) is 6.93. The molecule has 1 fully saturated rings. The average Bonchev–Trinajstić information content (AvgIpc) is 3.14. The summed E-state index contributed by atoms with van der Waals surface area (Å²) >= 11 is 2.57. The predicted molar refractivity (Wildman–Crippen MR) is 107 cm³/mol. The van der Waals surface area contributed by atoms with Crippen LogP contribution in [-0.2, 0) is 4.79 Å². The first-order valence-corrected chi connectivity index (χ1v) is 10.9.